The quantitative estimate of drug-likeness (QED) is 0.663. The van der Waals surface area contributed by atoms with Crippen LogP contribution in [0.2, 0.25) is 0 Å². The van der Waals surface area contributed by atoms with Crippen molar-refractivity contribution in [1.29, 1.82) is 0 Å². The smallest absolute Gasteiger partial charge is 0.248 e. The number of unbranched alkanes of at least 4 members (excludes halogenated alkanes) is 2. The van der Waals surface area contributed by atoms with Crippen LogP contribution in [0.4, 0.5) is 0 Å². The molecule has 1 fully saturated rings. The second-order valence-electron chi connectivity index (χ2n) is 6.10. The molecule has 5 nitrogen and oxygen atoms in total. The topological polar surface area (TPSA) is 59.6 Å². The Kier molecular flexibility index (Phi) is 7.48. The van der Waals surface area contributed by atoms with Gasteiger partial charge in [-0.2, -0.15) is 0 Å². The molecule has 1 amide bonds. The summed E-state index contributed by atoms with van der Waals surface area (Å²) in [6.45, 7) is 10.8. The van der Waals surface area contributed by atoms with Crippen LogP contribution in [-0.2, 0) is 14.3 Å². The van der Waals surface area contributed by atoms with Gasteiger partial charge in [-0.15, -0.1) is 0 Å². The molecule has 2 N–H and O–H groups in total. The Morgan fingerprint density at radius 1 is 1.50 bits per heavy atom. The standard InChI is InChI=1S/C15H30N2O3/c1-5-6-7-8-17-14(18)12(2)19-10-13-9-16-11-15(3,4)20-13/h12-13,16H,5-11H2,1-4H3,(H,17,18). The normalized spacial score (nSPS) is 23.3. The van der Waals surface area contributed by atoms with Crippen LogP contribution >= 0.6 is 0 Å². The monoisotopic (exact) mass is 286 g/mol. The van der Waals surface area contributed by atoms with E-state index in [-0.39, 0.29) is 17.6 Å². The molecule has 0 aromatic rings. The first kappa shape index (κ1) is 17.4. The molecule has 0 spiro atoms. The Bertz CT molecular complexity index is 295. The highest BCUT2D eigenvalue weighted by Crippen LogP contribution is 2.15. The highest BCUT2D eigenvalue weighted by Gasteiger charge is 2.29. The fourth-order valence-electron chi connectivity index (χ4n) is 2.22. The molecule has 2 atom stereocenters. The first-order valence-electron chi connectivity index (χ1n) is 7.72. The molecule has 2 unspecified atom stereocenters. The number of rotatable bonds is 8. The van der Waals surface area contributed by atoms with E-state index >= 15 is 0 Å². The van der Waals surface area contributed by atoms with Crippen molar-refractivity contribution < 1.29 is 14.3 Å². The molecule has 118 valence electrons. The Morgan fingerprint density at radius 3 is 2.90 bits per heavy atom. The van der Waals surface area contributed by atoms with Crippen molar-refractivity contribution in [3.63, 3.8) is 0 Å². The maximum Gasteiger partial charge on any atom is 0.248 e. The summed E-state index contributed by atoms with van der Waals surface area (Å²) >= 11 is 0. The zero-order valence-electron chi connectivity index (χ0n) is 13.3. The van der Waals surface area contributed by atoms with E-state index < -0.39 is 6.10 Å². The molecule has 1 heterocycles. The number of amides is 1. The van der Waals surface area contributed by atoms with Crippen molar-refractivity contribution in [2.75, 3.05) is 26.2 Å². The molecule has 5 heteroatoms. The lowest BCUT2D eigenvalue weighted by atomic mass is 10.1. The summed E-state index contributed by atoms with van der Waals surface area (Å²) in [7, 11) is 0. The highest BCUT2D eigenvalue weighted by atomic mass is 16.6. The Balaban J connectivity index is 2.18. The van der Waals surface area contributed by atoms with Crippen LogP contribution in [0, 0.1) is 0 Å². The minimum absolute atomic E-state index is 0.00842. The summed E-state index contributed by atoms with van der Waals surface area (Å²) in [6, 6.07) is 0. The van der Waals surface area contributed by atoms with E-state index in [1.807, 2.05) is 0 Å². The minimum atomic E-state index is -0.426. The second kappa shape index (κ2) is 8.60. The molecule has 0 aromatic carbocycles. The predicted octanol–water partition coefficient (Wildman–Crippen LogP) is 1.46. The van der Waals surface area contributed by atoms with Crippen molar-refractivity contribution in [3.05, 3.63) is 0 Å². The lowest BCUT2D eigenvalue weighted by Gasteiger charge is -2.36. The van der Waals surface area contributed by atoms with Crippen LogP contribution in [0.1, 0.15) is 47.0 Å². The summed E-state index contributed by atoms with van der Waals surface area (Å²) in [5.41, 5.74) is -0.169. The molecule has 1 aliphatic heterocycles. The van der Waals surface area contributed by atoms with Crippen molar-refractivity contribution in [1.82, 2.24) is 10.6 Å². The van der Waals surface area contributed by atoms with Crippen molar-refractivity contribution in [2.45, 2.75) is 64.8 Å². The van der Waals surface area contributed by atoms with Gasteiger partial charge in [0.1, 0.15) is 6.10 Å². The van der Waals surface area contributed by atoms with Crippen LogP contribution in [0.25, 0.3) is 0 Å². The number of carbonyl (C=O) groups is 1. The third-order valence-corrected chi connectivity index (χ3v) is 3.39. The van der Waals surface area contributed by atoms with Gasteiger partial charge in [0, 0.05) is 19.6 Å². The van der Waals surface area contributed by atoms with E-state index in [1.165, 1.54) is 0 Å². The van der Waals surface area contributed by atoms with Gasteiger partial charge >= 0.3 is 0 Å². The lowest BCUT2D eigenvalue weighted by Crippen LogP contribution is -2.52. The molecular weight excluding hydrogens is 256 g/mol. The zero-order chi connectivity index (χ0) is 15.0. The van der Waals surface area contributed by atoms with Crippen LogP contribution in [0.5, 0.6) is 0 Å². The SMILES string of the molecule is CCCCCNC(=O)C(C)OCC1CNCC(C)(C)O1. The largest absolute Gasteiger partial charge is 0.367 e. The second-order valence-corrected chi connectivity index (χ2v) is 6.10. The molecule has 0 saturated carbocycles. The molecule has 20 heavy (non-hydrogen) atoms. The van der Waals surface area contributed by atoms with Gasteiger partial charge < -0.3 is 20.1 Å². The number of ether oxygens (including phenoxy) is 2. The fraction of sp³-hybridized carbons (Fsp3) is 0.933. The molecular formula is C15H30N2O3. The number of hydrogen-bond acceptors (Lipinski definition) is 4. The average molecular weight is 286 g/mol. The molecule has 0 bridgehead atoms. The lowest BCUT2D eigenvalue weighted by molar-refractivity contribution is -0.145. The van der Waals surface area contributed by atoms with E-state index in [4.69, 9.17) is 9.47 Å². The van der Waals surface area contributed by atoms with Crippen molar-refractivity contribution >= 4 is 5.91 Å². The average Bonchev–Trinajstić information content (AvgIpc) is 2.39. The molecule has 0 aromatic heterocycles. The van der Waals surface area contributed by atoms with Gasteiger partial charge in [0.15, 0.2) is 0 Å². The zero-order valence-corrected chi connectivity index (χ0v) is 13.3. The van der Waals surface area contributed by atoms with Gasteiger partial charge in [-0.25, -0.2) is 0 Å². The van der Waals surface area contributed by atoms with E-state index in [1.54, 1.807) is 6.92 Å². The number of morpholine rings is 1. The summed E-state index contributed by atoms with van der Waals surface area (Å²) in [5.74, 6) is -0.0378. The summed E-state index contributed by atoms with van der Waals surface area (Å²) < 4.78 is 11.5. The van der Waals surface area contributed by atoms with Crippen LogP contribution in [0.3, 0.4) is 0 Å². The predicted molar refractivity (Wildman–Crippen MR) is 79.8 cm³/mol. The van der Waals surface area contributed by atoms with Gasteiger partial charge in [0.25, 0.3) is 0 Å². The van der Waals surface area contributed by atoms with Gasteiger partial charge in [-0.1, -0.05) is 19.8 Å². The number of carbonyl (C=O) groups excluding carboxylic acids is 1. The molecule has 1 saturated heterocycles. The third kappa shape index (κ3) is 6.68. The van der Waals surface area contributed by atoms with E-state index in [0.29, 0.717) is 6.61 Å². The van der Waals surface area contributed by atoms with E-state index in [0.717, 1.165) is 38.9 Å². The van der Waals surface area contributed by atoms with Gasteiger partial charge in [0.05, 0.1) is 18.3 Å². The first-order valence-corrected chi connectivity index (χ1v) is 7.72. The Labute approximate surface area is 122 Å². The molecule has 1 aliphatic rings. The molecule has 1 rings (SSSR count). The van der Waals surface area contributed by atoms with E-state index in [2.05, 4.69) is 31.4 Å². The molecule has 0 radical (unpaired) electrons. The van der Waals surface area contributed by atoms with Crippen molar-refractivity contribution in [2.24, 2.45) is 0 Å². The Hall–Kier alpha value is -0.650. The fourth-order valence-corrected chi connectivity index (χ4v) is 2.22. The maximum absolute atomic E-state index is 11.8. The van der Waals surface area contributed by atoms with Gasteiger partial charge in [-0.3, -0.25) is 4.79 Å². The first-order chi connectivity index (χ1) is 9.44. The Morgan fingerprint density at radius 2 is 2.25 bits per heavy atom. The minimum Gasteiger partial charge on any atom is -0.367 e. The number of hydrogen-bond donors (Lipinski definition) is 2. The third-order valence-electron chi connectivity index (χ3n) is 3.39. The maximum atomic E-state index is 11.8. The van der Waals surface area contributed by atoms with E-state index in [9.17, 15) is 4.79 Å². The summed E-state index contributed by atoms with van der Waals surface area (Å²) in [5, 5.41) is 6.22. The number of nitrogens with one attached hydrogen (secondary N) is 2. The highest BCUT2D eigenvalue weighted by molar-refractivity contribution is 5.80. The summed E-state index contributed by atoms with van der Waals surface area (Å²) in [4.78, 5) is 11.8. The van der Waals surface area contributed by atoms with Crippen LogP contribution in [0.15, 0.2) is 0 Å². The van der Waals surface area contributed by atoms with Gasteiger partial charge in [0.2, 0.25) is 5.91 Å². The van der Waals surface area contributed by atoms with Crippen molar-refractivity contribution in [3.8, 4) is 0 Å². The van der Waals surface area contributed by atoms with Crippen LogP contribution < -0.4 is 10.6 Å². The van der Waals surface area contributed by atoms with Gasteiger partial charge in [-0.05, 0) is 27.2 Å². The molecule has 0 aliphatic carbocycles. The van der Waals surface area contributed by atoms with Crippen LogP contribution in [-0.4, -0.2) is 50.0 Å². The summed E-state index contributed by atoms with van der Waals surface area (Å²) in [6.07, 6.45) is 2.91.